The summed E-state index contributed by atoms with van der Waals surface area (Å²) in [5.41, 5.74) is 3.86. The topological polar surface area (TPSA) is 37.3 Å². The second-order valence-corrected chi connectivity index (χ2v) is 7.63. The smallest absolute Gasteiger partial charge is 0.224 e. The molecule has 4 rings (SSSR count). The van der Waals surface area contributed by atoms with Crippen molar-refractivity contribution in [3.05, 3.63) is 35.5 Å². The van der Waals surface area contributed by atoms with Crippen molar-refractivity contribution in [1.29, 1.82) is 0 Å². The van der Waals surface area contributed by atoms with Gasteiger partial charge in [-0.1, -0.05) is 24.6 Å². The van der Waals surface area contributed by atoms with Crippen LogP contribution in [0, 0.1) is 13.8 Å². The average molecular weight is 339 g/mol. The van der Waals surface area contributed by atoms with E-state index in [1.165, 1.54) is 35.0 Å². The zero-order valence-corrected chi connectivity index (χ0v) is 15.4. The fourth-order valence-electron chi connectivity index (χ4n) is 4.77. The third-order valence-electron chi connectivity index (χ3n) is 6.30. The van der Waals surface area contributed by atoms with Crippen LogP contribution in [-0.2, 0) is 11.3 Å². The molecule has 2 aliphatic rings. The highest BCUT2D eigenvalue weighted by atomic mass is 16.2. The highest BCUT2D eigenvalue weighted by molar-refractivity contribution is 5.85. The Kier molecular flexibility index (Phi) is 4.55. The number of hydrogen-bond acceptors (Lipinski definition) is 2. The molecular weight excluding hydrogens is 310 g/mol. The summed E-state index contributed by atoms with van der Waals surface area (Å²) in [6.45, 7) is 7.15. The first-order valence-electron chi connectivity index (χ1n) is 9.74. The van der Waals surface area contributed by atoms with Crippen LogP contribution in [0.25, 0.3) is 10.9 Å². The number of carbonyl (C=O) groups excluding carboxylic acids is 1. The number of rotatable bonds is 3. The van der Waals surface area contributed by atoms with Gasteiger partial charge in [-0.2, -0.15) is 0 Å². The van der Waals surface area contributed by atoms with Gasteiger partial charge in [0.2, 0.25) is 5.91 Å². The summed E-state index contributed by atoms with van der Waals surface area (Å²) < 4.78 is 2.32. The maximum Gasteiger partial charge on any atom is 0.224 e. The molecule has 0 radical (unpaired) electrons. The summed E-state index contributed by atoms with van der Waals surface area (Å²) in [7, 11) is 0. The fourth-order valence-corrected chi connectivity index (χ4v) is 4.77. The quantitative estimate of drug-likeness (QED) is 0.931. The summed E-state index contributed by atoms with van der Waals surface area (Å²) in [6.07, 6.45) is 5.35. The number of fused-ring (bicyclic) bond motifs is 2. The minimum absolute atomic E-state index is 0.325. The van der Waals surface area contributed by atoms with Crippen molar-refractivity contribution in [2.75, 3.05) is 13.1 Å². The maximum absolute atomic E-state index is 12.9. The molecule has 3 heterocycles. The summed E-state index contributed by atoms with van der Waals surface area (Å²) in [4.78, 5) is 15.1. The molecule has 0 aliphatic carbocycles. The normalized spacial score (nSPS) is 23.7. The highest BCUT2D eigenvalue weighted by Gasteiger charge is 2.36. The molecule has 1 amide bonds. The molecule has 2 aromatic rings. The monoisotopic (exact) mass is 339 g/mol. The van der Waals surface area contributed by atoms with Crippen molar-refractivity contribution < 1.29 is 4.79 Å². The largest absolute Gasteiger partial charge is 0.344 e. The number of hydrogen-bond donors (Lipinski definition) is 1. The van der Waals surface area contributed by atoms with Crippen LogP contribution in [-0.4, -0.2) is 40.5 Å². The zero-order chi connectivity index (χ0) is 17.4. The van der Waals surface area contributed by atoms with E-state index in [0.29, 0.717) is 24.4 Å². The second-order valence-electron chi connectivity index (χ2n) is 7.63. The van der Waals surface area contributed by atoms with Gasteiger partial charge in [0.15, 0.2) is 0 Å². The van der Waals surface area contributed by atoms with Crippen LogP contribution >= 0.6 is 0 Å². The Hall–Kier alpha value is -1.81. The van der Waals surface area contributed by atoms with Crippen LogP contribution in [0.2, 0.25) is 0 Å². The van der Waals surface area contributed by atoms with Gasteiger partial charge in [0.05, 0.1) is 0 Å². The molecule has 2 aliphatic heterocycles. The molecule has 2 saturated heterocycles. The first kappa shape index (κ1) is 16.6. The fraction of sp³-hybridized carbons (Fsp3) is 0.571. The molecule has 0 bridgehead atoms. The molecule has 0 saturated carbocycles. The van der Waals surface area contributed by atoms with Crippen molar-refractivity contribution in [1.82, 2.24) is 14.8 Å². The predicted octanol–water partition coefficient (Wildman–Crippen LogP) is 3.39. The molecule has 4 nitrogen and oxygen atoms in total. The molecule has 4 heteroatoms. The highest BCUT2D eigenvalue weighted by Crippen LogP contribution is 2.27. The lowest BCUT2D eigenvalue weighted by molar-refractivity contribution is -0.132. The number of carbonyl (C=O) groups is 1. The molecule has 1 aromatic carbocycles. The van der Waals surface area contributed by atoms with E-state index in [4.69, 9.17) is 0 Å². The van der Waals surface area contributed by atoms with Crippen LogP contribution in [0.5, 0.6) is 0 Å². The van der Waals surface area contributed by atoms with E-state index in [-0.39, 0.29) is 0 Å². The van der Waals surface area contributed by atoms with E-state index in [0.717, 1.165) is 32.5 Å². The Balaban J connectivity index is 1.48. The van der Waals surface area contributed by atoms with Gasteiger partial charge in [-0.05, 0) is 51.3 Å². The van der Waals surface area contributed by atoms with Gasteiger partial charge >= 0.3 is 0 Å². The van der Waals surface area contributed by atoms with E-state index < -0.39 is 0 Å². The number of para-hydroxylation sites is 1. The van der Waals surface area contributed by atoms with E-state index in [2.05, 4.69) is 52.9 Å². The summed E-state index contributed by atoms with van der Waals surface area (Å²) in [6, 6.07) is 9.45. The van der Waals surface area contributed by atoms with Crippen molar-refractivity contribution in [2.45, 2.75) is 64.6 Å². The standard InChI is InChI=1S/C21H29N3O/c1-15-16(2)23(19-8-4-3-7-17(15)19)14-11-21(25)24-13-10-18-20(24)9-5-6-12-22-18/h3-4,7-8,18,20,22H,5-6,9-14H2,1-2H3/t18-,20-/m0/s1. The Bertz CT molecular complexity index is 779. The van der Waals surface area contributed by atoms with Crippen molar-refractivity contribution in [3.63, 3.8) is 0 Å². The number of likely N-dealkylation sites (tertiary alicyclic amines) is 1. The van der Waals surface area contributed by atoms with Crippen LogP contribution in [0.15, 0.2) is 24.3 Å². The number of benzene rings is 1. The Morgan fingerprint density at radius 1 is 1.20 bits per heavy atom. The SMILES string of the molecule is Cc1c(C)n(CCC(=O)N2CC[C@@H]3NCCCC[C@@H]32)c2ccccc12. The van der Waals surface area contributed by atoms with Crippen molar-refractivity contribution >= 4 is 16.8 Å². The Labute approximate surface area is 150 Å². The lowest BCUT2D eigenvalue weighted by Crippen LogP contribution is -2.43. The van der Waals surface area contributed by atoms with E-state index >= 15 is 0 Å². The maximum atomic E-state index is 12.9. The van der Waals surface area contributed by atoms with Gasteiger partial charge in [0.1, 0.15) is 0 Å². The summed E-state index contributed by atoms with van der Waals surface area (Å²) in [5, 5.41) is 4.95. The minimum atomic E-state index is 0.325. The molecule has 1 N–H and O–H groups in total. The van der Waals surface area contributed by atoms with E-state index in [1.54, 1.807) is 0 Å². The number of aromatic nitrogens is 1. The van der Waals surface area contributed by atoms with Gasteiger partial charge in [0.25, 0.3) is 0 Å². The minimum Gasteiger partial charge on any atom is -0.344 e. The molecule has 25 heavy (non-hydrogen) atoms. The van der Waals surface area contributed by atoms with Crippen LogP contribution < -0.4 is 5.32 Å². The number of aryl methyl sites for hydroxylation is 2. The van der Waals surface area contributed by atoms with E-state index in [1.807, 2.05) is 0 Å². The first-order chi connectivity index (χ1) is 12.2. The molecular formula is C21H29N3O. The number of nitrogens with zero attached hydrogens (tertiary/aromatic N) is 2. The molecule has 1 aromatic heterocycles. The molecule has 134 valence electrons. The average Bonchev–Trinajstić information content (AvgIpc) is 3.03. The predicted molar refractivity (Wildman–Crippen MR) is 102 cm³/mol. The third-order valence-corrected chi connectivity index (χ3v) is 6.30. The lowest BCUT2D eigenvalue weighted by Gasteiger charge is -2.27. The summed E-state index contributed by atoms with van der Waals surface area (Å²) in [5.74, 6) is 0.325. The third kappa shape index (κ3) is 2.97. The first-order valence-corrected chi connectivity index (χ1v) is 9.74. The molecule has 2 fully saturated rings. The van der Waals surface area contributed by atoms with E-state index in [9.17, 15) is 4.79 Å². The van der Waals surface area contributed by atoms with Gasteiger partial charge in [0, 0.05) is 48.2 Å². The van der Waals surface area contributed by atoms with Gasteiger partial charge in [-0.3, -0.25) is 4.79 Å². The van der Waals surface area contributed by atoms with Gasteiger partial charge in [-0.25, -0.2) is 0 Å². The van der Waals surface area contributed by atoms with Crippen molar-refractivity contribution in [2.24, 2.45) is 0 Å². The lowest BCUT2D eigenvalue weighted by atomic mass is 10.1. The summed E-state index contributed by atoms with van der Waals surface area (Å²) >= 11 is 0. The molecule has 0 unspecified atom stereocenters. The van der Waals surface area contributed by atoms with Gasteiger partial charge in [-0.15, -0.1) is 0 Å². The van der Waals surface area contributed by atoms with Crippen molar-refractivity contribution in [3.8, 4) is 0 Å². The molecule has 2 atom stereocenters. The zero-order valence-electron chi connectivity index (χ0n) is 15.4. The van der Waals surface area contributed by atoms with Crippen LogP contribution in [0.4, 0.5) is 0 Å². The Morgan fingerprint density at radius 3 is 2.92 bits per heavy atom. The number of nitrogens with one attached hydrogen (secondary N) is 1. The van der Waals surface area contributed by atoms with Gasteiger partial charge < -0.3 is 14.8 Å². The van der Waals surface area contributed by atoms with Crippen LogP contribution in [0.1, 0.15) is 43.4 Å². The number of amides is 1. The second kappa shape index (κ2) is 6.83. The Morgan fingerprint density at radius 2 is 2.04 bits per heavy atom. The molecule has 0 spiro atoms. The van der Waals surface area contributed by atoms with Crippen LogP contribution in [0.3, 0.4) is 0 Å².